The van der Waals surface area contributed by atoms with Crippen LogP contribution >= 0.6 is 0 Å². The summed E-state index contributed by atoms with van der Waals surface area (Å²) in [6, 6.07) is 0. The average Bonchev–Trinajstić information content (AvgIpc) is 2.44. The maximum atomic E-state index is 10.5. The van der Waals surface area contributed by atoms with E-state index in [9.17, 15) is 4.79 Å². The van der Waals surface area contributed by atoms with E-state index in [1.54, 1.807) is 0 Å². The number of allylic oxidation sites excluding steroid dienone is 1. The second-order valence-corrected chi connectivity index (χ2v) is 11.9. The molecule has 1 atom stereocenters. The molecule has 0 rings (SSSR count). The summed E-state index contributed by atoms with van der Waals surface area (Å²) in [5.74, 6) is -0.684. The molecule has 0 fully saturated rings. The summed E-state index contributed by atoms with van der Waals surface area (Å²) in [6.07, 6.45) is 16.6. The van der Waals surface area contributed by atoms with Crippen LogP contribution in [0.15, 0.2) is 12.2 Å². The Morgan fingerprint density at radius 3 is 2.30 bits per heavy atom. The number of hydrogen-bond acceptors (Lipinski definition) is 2. The molecule has 0 aliphatic heterocycles. The van der Waals surface area contributed by atoms with E-state index in [1.807, 2.05) is 0 Å². The summed E-state index contributed by atoms with van der Waals surface area (Å²) in [4.78, 5) is 10.5. The third kappa shape index (κ3) is 17.6. The van der Waals surface area contributed by atoms with Crippen LogP contribution in [0.25, 0.3) is 0 Å². The van der Waals surface area contributed by atoms with Crippen molar-refractivity contribution in [3.8, 4) is 0 Å². The van der Waals surface area contributed by atoms with E-state index in [1.165, 1.54) is 25.7 Å². The Balaban J connectivity index is 4.00. The van der Waals surface area contributed by atoms with Crippen molar-refractivity contribution in [2.24, 2.45) is 0 Å². The van der Waals surface area contributed by atoms with Gasteiger partial charge < -0.3 is 9.53 Å². The van der Waals surface area contributed by atoms with Gasteiger partial charge in [-0.25, -0.2) is 0 Å². The van der Waals surface area contributed by atoms with Crippen molar-refractivity contribution in [2.75, 3.05) is 0 Å². The van der Waals surface area contributed by atoms with E-state index < -0.39 is 14.3 Å². The summed E-state index contributed by atoms with van der Waals surface area (Å²) in [6.45, 7) is 8.95. The highest BCUT2D eigenvalue weighted by molar-refractivity contribution is 6.69. The normalized spacial score (nSPS) is 13.6. The van der Waals surface area contributed by atoms with E-state index in [-0.39, 0.29) is 6.10 Å². The van der Waals surface area contributed by atoms with E-state index >= 15 is 0 Å². The molecule has 0 saturated heterocycles. The van der Waals surface area contributed by atoms with Crippen molar-refractivity contribution < 1.29 is 14.3 Å². The number of hydrogen-bond donors (Lipinski definition) is 1. The van der Waals surface area contributed by atoms with Crippen LogP contribution < -0.4 is 0 Å². The molecule has 0 bridgehead atoms. The van der Waals surface area contributed by atoms with E-state index in [4.69, 9.17) is 9.53 Å². The topological polar surface area (TPSA) is 46.5 Å². The third-order valence-corrected chi connectivity index (χ3v) is 4.72. The summed E-state index contributed by atoms with van der Waals surface area (Å²) >= 11 is 0. The quantitative estimate of drug-likeness (QED) is 0.220. The third-order valence-electron chi connectivity index (χ3n) is 3.71. The SMILES string of the molecule is CCCCCC/C=C/C(CCCCCCC(=O)O)O[Si](C)(C)C. The van der Waals surface area contributed by atoms with Gasteiger partial charge in [-0.05, 0) is 45.3 Å². The number of unbranched alkanes of at least 4 members (excludes halogenated alkanes) is 7. The van der Waals surface area contributed by atoms with Gasteiger partial charge in [0.2, 0.25) is 0 Å². The van der Waals surface area contributed by atoms with Crippen LogP contribution in [0.3, 0.4) is 0 Å². The number of carboxylic acids is 1. The van der Waals surface area contributed by atoms with Gasteiger partial charge in [0.05, 0.1) is 6.10 Å². The lowest BCUT2D eigenvalue weighted by molar-refractivity contribution is -0.137. The van der Waals surface area contributed by atoms with Crippen LogP contribution in [0.1, 0.15) is 77.6 Å². The minimum atomic E-state index is -1.52. The van der Waals surface area contributed by atoms with Crippen molar-refractivity contribution in [1.29, 1.82) is 0 Å². The summed E-state index contributed by atoms with van der Waals surface area (Å²) < 4.78 is 6.27. The van der Waals surface area contributed by atoms with Crippen molar-refractivity contribution in [3.63, 3.8) is 0 Å². The molecule has 4 heteroatoms. The number of rotatable bonds is 15. The van der Waals surface area contributed by atoms with Crippen LogP contribution in [0.5, 0.6) is 0 Å². The minimum Gasteiger partial charge on any atom is -0.481 e. The minimum absolute atomic E-state index is 0.243. The molecule has 136 valence electrons. The molecule has 0 saturated carbocycles. The Bertz CT molecular complexity index is 321. The first-order valence-electron chi connectivity index (χ1n) is 9.41. The molecule has 0 radical (unpaired) electrons. The van der Waals surface area contributed by atoms with Crippen LogP contribution in [0.2, 0.25) is 19.6 Å². The fourth-order valence-electron chi connectivity index (χ4n) is 2.56. The van der Waals surface area contributed by atoms with Crippen LogP contribution in [0.4, 0.5) is 0 Å². The van der Waals surface area contributed by atoms with Crippen molar-refractivity contribution >= 4 is 14.3 Å². The lowest BCUT2D eigenvalue weighted by atomic mass is 10.1. The Kier molecular flexibility index (Phi) is 13.4. The Morgan fingerprint density at radius 2 is 1.70 bits per heavy atom. The monoisotopic (exact) mass is 342 g/mol. The molecule has 0 aromatic carbocycles. The highest BCUT2D eigenvalue weighted by Crippen LogP contribution is 2.16. The molecule has 0 aliphatic rings. The summed E-state index contributed by atoms with van der Waals surface area (Å²) in [5, 5.41) is 8.64. The van der Waals surface area contributed by atoms with Crippen LogP contribution in [-0.4, -0.2) is 25.5 Å². The predicted molar refractivity (Wildman–Crippen MR) is 101 cm³/mol. The lowest BCUT2D eigenvalue weighted by Gasteiger charge is -2.24. The highest BCUT2D eigenvalue weighted by Gasteiger charge is 2.19. The molecule has 23 heavy (non-hydrogen) atoms. The maximum Gasteiger partial charge on any atom is 0.303 e. The predicted octanol–water partition coefficient (Wildman–Crippen LogP) is 6.16. The zero-order valence-electron chi connectivity index (χ0n) is 15.8. The molecule has 1 N–H and O–H groups in total. The molecule has 0 aromatic rings. The average molecular weight is 343 g/mol. The van der Waals surface area contributed by atoms with Crippen LogP contribution in [-0.2, 0) is 9.22 Å². The molecule has 0 spiro atoms. The molecule has 0 heterocycles. The first kappa shape index (κ1) is 22.4. The fourth-order valence-corrected chi connectivity index (χ4v) is 3.67. The second-order valence-electron chi connectivity index (χ2n) is 7.39. The molecule has 1 unspecified atom stereocenters. The smallest absolute Gasteiger partial charge is 0.303 e. The Morgan fingerprint density at radius 1 is 1.04 bits per heavy atom. The van der Waals surface area contributed by atoms with Gasteiger partial charge in [-0.2, -0.15) is 0 Å². The van der Waals surface area contributed by atoms with Crippen molar-refractivity contribution in [1.82, 2.24) is 0 Å². The first-order chi connectivity index (χ1) is 10.8. The molecule has 0 aromatic heterocycles. The first-order valence-corrected chi connectivity index (χ1v) is 12.8. The number of aliphatic carboxylic acids is 1. The van der Waals surface area contributed by atoms with Crippen molar-refractivity contribution in [2.45, 2.75) is 103 Å². The zero-order chi connectivity index (χ0) is 17.6. The van der Waals surface area contributed by atoms with Gasteiger partial charge in [-0.3, -0.25) is 4.79 Å². The molecule has 0 amide bonds. The van der Waals surface area contributed by atoms with E-state index in [2.05, 4.69) is 38.7 Å². The van der Waals surface area contributed by atoms with Gasteiger partial charge in [0.1, 0.15) is 0 Å². The van der Waals surface area contributed by atoms with Gasteiger partial charge in [0.15, 0.2) is 8.32 Å². The highest BCUT2D eigenvalue weighted by atomic mass is 28.4. The zero-order valence-corrected chi connectivity index (χ0v) is 16.8. The number of carbonyl (C=O) groups is 1. The summed E-state index contributed by atoms with van der Waals surface area (Å²) in [7, 11) is -1.52. The number of carboxylic acid groups (broad SMARTS) is 1. The Hall–Kier alpha value is -0.613. The van der Waals surface area contributed by atoms with Gasteiger partial charge >= 0.3 is 5.97 Å². The molecular formula is C19H38O3Si. The van der Waals surface area contributed by atoms with Crippen molar-refractivity contribution in [3.05, 3.63) is 12.2 Å². The lowest BCUT2D eigenvalue weighted by Crippen LogP contribution is -2.31. The largest absolute Gasteiger partial charge is 0.481 e. The standard InChI is InChI=1S/C19H38O3Si/c1-5-6-7-8-9-12-15-18(22-23(2,3)4)16-13-10-11-14-17-19(20)21/h12,15,18H,5-11,13-14,16-17H2,1-4H3,(H,20,21)/b15-12+. The molecule has 3 nitrogen and oxygen atoms in total. The fraction of sp³-hybridized carbons (Fsp3) is 0.842. The molecule has 0 aliphatic carbocycles. The molecular weight excluding hydrogens is 304 g/mol. The van der Waals surface area contributed by atoms with E-state index in [0.29, 0.717) is 6.42 Å². The summed E-state index contributed by atoms with van der Waals surface area (Å²) in [5.41, 5.74) is 0. The maximum absolute atomic E-state index is 10.5. The van der Waals surface area contributed by atoms with Gasteiger partial charge in [0.25, 0.3) is 0 Å². The van der Waals surface area contributed by atoms with Crippen LogP contribution in [0, 0.1) is 0 Å². The Labute approximate surface area is 144 Å². The second kappa shape index (κ2) is 13.8. The van der Waals surface area contributed by atoms with E-state index in [0.717, 1.165) is 38.5 Å². The van der Waals surface area contributed by atoms with Gasteiger partial charge in [-0.15, -0.1) is 0 Å². The van der Waals surface area contributed by atoms with Gasteiger partial charge in [-0.1, -0.05) is 57.6 Å². The van der Waals surface area contributed by atoms with Gasteiger partial charge in [0, 0.05) is 6.42 Å².